The lowest BCUT2D eigenvalue weighted by atomic mass is 10.2. The van der Waals surface area contributed by atoms with E-state index in [2.05, 4.69) is 10.3 Å². The minimum Gasteiger partial charge on any atom is -0.392 e. The number of imidazole rings is 1. The fraction of sp³-hybridized carbons (Fsp3) is 0.0909. The van der Waals surface area contributed by atoms with E-state index in [0.29, 0.717) is 5.56 Å². The zero-order chi connectivity index (χ0) is 23.0. The highest BCUT2D eigenvalue weighted by Gasteiger charge is 2.38. The largest absolute Gasteiger partial charge is 0.450 e. The molecule has 0 atom stereocenters. The summed E-state index contributed by atoms with van der Waals surface area (Å²) in [5.41, 5.74) is 0.943. The number of anilines is 1. The van der Waals surface area contributed by atoms with Crippen LogP contribution in [0, 0.1) is 11.6 Å². The Balaban J connectivity index is 1.68. The van der Waals surface area contributed by atoms with Gasteiger partial charge in [0.25, 0.3) is 5.91 Å². The Morgan fingerprint density at radius 2 is 1.69 bits per heavy atom. The molecule has 5 nitrogen and oxygen atoms in total. The fourth-order valence-electron chi connectivity index (χ4n) is 3.21. The molecular weight excluding hydrogens is 433 g/mol. The zero-order valence-electron chi connectivity index (χ0n) is 16.1. The predicted octanol–water partition coefficient (Wildman–Crippen LogP) is 5.07. The van der Waals surface area contributed by atoms with Gasteiger partial charge in [0, 0.05) is 16.9 Å². The number of rotatable bonds is 4. The average molecular weight is 447 g/mol. The maximum Gasteiger partial charge on any atom is 0.450 e. The number of carbonyl (C=O) groups is 1. The molecule has 0 radical (unpaired) electrons. The summed E-state index contributed by atoms with van der Waals surface area (Å²) in [4.78, 5) is 15.9. The summed E-state index contributed by atoms with van der Waals surface area (Å²) in [6.45, 7) is -0.337. The van der Waals surface area contributed by atoms with E-state index in [9.17, 15) is 31.9 Å². The smallest absolute Gasteiger partial charge is 0.392 e. The fourth-order valence-corrected chi connectivity index (χ4v) is 3.21. The number of aliphatic hydroxyl groups excluding tert-OH is 1. The van der Waals surface area contributed by atoms with Crippen molar-refractivity contribution in [2.24, 2.45) is 0 Å². The highest BCUT2D eigenvalue weighted by molar-refractivity contribution is 6.04. The van der Waals surface area contributed by atoms with E-state index in [0.717, 1.165) is 22.8 Å². The number of aliphatic hydroxyl groups is 1. The van der Waals surface area contributed by atoms with Crippen molar-refractivity contribution in [3.63, 3.8) is 0 Å². The molecule has 10 heteroatoms. The van der Waals surface area contributed by atoms with Gasteiger partial charge in [0.1, 0.15) is 0 Å². The number of carbonyl (C=O) groups excluding carboxylic acids is 1. The van der Waals surface area contributed by atoms with Gasteiger partial charge in [0.15, 0.2) is 11.6 Å². The summed E-state index contributed by atoms with van der Waals surface area (Å²) >= 11 is 0. The predicted molar refractivity (Wildman–Crippen MR) is 106 cm³/mol. The quantitative estimate of drug-likeness (QED) is 0.430. The zero-order valence-corrected chi connectivity index (χ0v) is 16.1. The molecule has 4 rings (SSSR count). The molecule has 0 bridgehead atoms. The van der Waals surface area contributed by atoms with Crippen LogP contribution in [0.15, 0.2) is 60.7 Å². The Hall–Kier alpha value is -3.79. The first-order valence-corrected chi connectivity index (χ1v) is 9.23. The minimum absolute atomic E-state index is 0.0691. The third-order valence-corrected chi connectivity index (χ3v) is 4.72. The van der Waals surface area contributed by atoms with E-state index in [-0.39, 0.29) is 34.6 Å². The van der Waals surface area contributed by atoms with E-state index in [1.807, 2.05) is 0 Å². The van der Waals surface area contributed by atoms with Crippen LogP contribution in [0.3, 0.4) is 0 Å². The maximum atomic E-state index is 13.6. The van der Waals surface area contributed by atoms with Gasteiger partial charge >= 0.3 is 6.18 Å². The summed E-state index contributed by atoms with van der Waals surface area (Å²) in [5.74, 6) is -4.12. The Morgan fingerprint density at radius 1 is 0.969 bits per heavy atom. The van der Waals surface area contributed by atoms with Crippen LogP contribution in [-0.2, 0) is 12.8 Å². The van der Waals surface area contributed by atoms with Crippen molar-refractivity contribution in [3.05, 3.63) is 89.2 Å². The average Bonchev–Trinajstić information content (AvgIpc) is 3.15. The minimum atomic E-state index is -4.74. The van der Waals surface area contributed by atoms with Gasteiger partial charge in [-0.05, 0) is 60.2 Å². The number of hydrogen-bond donors (Lipinski definition) is 2. The normalized spacial score (nSPS) is 11.7. The first-order valence-electron chi connectivity index (χ1n) is 9.23. The molecule has 164 valence electrons. The summed E-state index contributed by atoms with van der Waals surface area (Å²) in [6.07, 6.45) is -4.74. The summed E-state index contributed by atoms with van der Waals surface area (Å²) in [7, 11) is 0. The number of fused-ring (bicyclic) bond motifs is 1. The van der Waals surface area contributed by atoms with Gasteiger partial charge in [-0.25, -0.2) is 13.8 Å². The molecule has 0 saturated carbocycles. The molecule has 4 aromatic rings. The lowest BCUT2D eigenvalue weighted by Gasteiger charge is -2.12. The van der Waals surface area contributed by atoms with Crippen LogP contribution in [0.5, 0.6) is 0 Å². The lowest BCUT2D eigenvalue weighted by molar-refractivity contribution is -0.145. The first kappa shape index (κ1) is 21.4. The Kier molecular flexibility index (Phi) is 5.39. The molecule has 1 heterocycles. The standard InChI is InChI=1S/C22H14F5N3O2/c23-16-7-2-13(10-17(16)24)20(32)28-14-3-5-15(6-4-14)30-19-8-1-12(11-31)9-18(19)29-21(30)22(25,26)27/h1-10,31H,11H2,(H,28,32). The highest BCUT2D eigenvalue weighted by atomic mass is 19.4. The molecule has 0 fully saturated rings. The van der Waals surface area contributed by atoms with Crippen molar-refractivity contribution in [2.75, 3.05) is 5.32 Å². The lowest BCUT2D eigenvalue weighted by Crippen LogP contribution is -2.14. The van der Waals surface area contributed by atoms with Crippen LogP contribution < -0.4 is 5.32 Å². The molecule has 0 unspecified atom stereocenters. The number of hydrogen-bond acceptors (Lipinski definition) is 3. The second-order valence-corrected chi connectivity index (χ2v) is 6.88. The molecule has 3 aromatic carbocycles. The summed E-state index contributed by atoms with van der Waals surface area (Å²) in [6, 6.07) is 12.4. The van der Waals surface area contributed by atoms with Crippen LogP contribution in [-0.4, -0.2) is 20.6 Å². The van der Waals surface area contributed by atoms with Gasteiger partial charge in [0.2, 0.25) is 5.82 Å². The van der Waals surface area contributed by atoms with Crippen LogP contribution in [0.25, 0.3) is 16.7 Å². The molecule has 1 amide bonds. The third-order valence-electron chi connectivity index (χ3n) is 4.72. The Morgan fingerprint density at radius 3 is 2.31 bits per heavy atom. The number of aromatic nitrogens is 2. The van der Waals surface area contributed by atoms with Gasteiger partial charge < -0.3 is 10.4 Å². The first-order chi connectivity index (χ1) is 15.2. The van der Waals surface area contributed by atoms with Gasteiger partial charge in [-0.3, -0.25) is 9.36 Å². The number of amides is 1. The van der Waals surface area contributed by atoms with Crippen LogP contribution in [0.4, 0.5) is 27.6 Å². The Labute approximate surface area is 177 Å². The van der Waals surface area contributed by atoms with Crippen molar-refractivity contribution in [1.82, 2.24) is 9.55 Å². The molecule has 1 aromatic heterocycles. The van der Waals surface area contributed by atoms with Crippen LogP contribution in [0.1, 0.15) is 21.7 Å². The summed E-state index contributed by atoms with van der Waals surface area (Å²) in [5, 5.41) is 11.7. The highest BCUT2D eigenvalue weighted by Crippen LogP contribution is 2.34. The van der Waals surface area contributed by atoms with E-state index < -0.39 is 29.5 Å². The van der Waals surface area contributed by atoms with Gasteiger partial charge in [-0.1, -0.05) is 6.07 Å². The molecule has 32 heavy (non-hydrogen) atoms. The maximum absolute atomic E-state index is 13.6. The van der Waals surface area contributed by atoms with E-state index in [4.69, 9.17) is 0 Å². The second-order valence-electron chi connectivity index (χ2n) is 6.88. The monoisotopic (exact) mass is 447 g/mol. The molecule has 0 aliphatic rings. The molecule has 0 aliphatic carbocycles. The van der Waals surface area contributed by atoms with Gasteiger partial charge in [0.05, 0.1) is 17.6 Å². The van der Waals surface area contributed by atoms with Crippen molar-refractivity contribution in [1.29, 1.82) is 0 Å². The third kappa shape index (κ3) is 4.04. The van der Waals surface area contributed by atoms with Crippen molar-refractivity contribution >= 4 is 22.6 Å². The van der Waals surface area contributed by atoms with Crippen molar-refractivity contribution in [2.45, 2.75) is 12.8 Å². The summed E-state index contributed by atoms with van der Waals surface area (Å²) < 4.78 is 68.1. The van der Waals surface area contributed by atoms with E-state index >= 15 is 0 Å². The Bertz CT molecular complexity index is 1310. The van der Waals surface area contributed by atoms with Crippen LogP contribution in [0.2, 0.25) is 0 Å². The molecule has 0 aliphatic heterocycles. The van der Waals surface area contributed by atoms with Gasteiger partial charge in [-0.15, -0.1) is 0 Å². The number of benzene rings is 3. The van der Waals surface area contributed by atoms with E-state index in [1.54, 1.807) is 0 Å². The van der Waals surface area contributed by atoms with Crippen molar-refractivity contribution < 1.29 is 31.9 Å². The van der Waals surface area contributed by atoms with Gasteiger partial charge in [-0.2, -0.15) is 13.2 Å². The number of alkyl halides is 3. The number of nitrogens with zero attached hydrogens (tertiary/aromatic N) is 2. The second kappa shape index (κ2) is 8.04. The van der Waals surface area contributed by atoms with Crippen LogP contribution >= 0.6 is 0 Å². The van der Waals surface area contributed by atoms with E-state index in [1.165, 1.54) is 42.5 Å². The SMILES string of the molecule is O=C(Nc1ccc(-n2c(C(F)(F)F)nc3cc(CO)ccc32)cc1)c1ccc(F)c(F)c1. The number of halogens is 5. The number of nitrogens with one attached hydrogen (secondary N) is 1. The molecular formula is C22H14F5N3O2. The molecule has 2 N–H and O–H groups in total. The van der Waals surface area contributed by atoms with Crippen molar-refractivity contribution in [3.8, 4) is 5.69 Å². The molecule has 0 saturated heterocycles. The molecule has 0 spiro atoms. The topological polar surface area (TPSA) is 67.2 Å².